The molecule has 2 aromatic carbocycles. The number of ether oxygens (including phenoxy) is 6. The highest BCUT2D eigenvalue weighted by Gasteiger charge is 2.53. The number of piperazine rings is 1. The van der Waals surface area contributed by atoms with Crippen LogP contribution in [0.3, 0.4) is 0 Å². The van der Waals surface area contributed by atoms with Crippen molar-refractivity contribution < 1.29 is 52.3 Å². The zero-order valence-electron chi connectivity index (χ0n) is 45.2. The van der Waals surface area contributed by atoms with Gasteiger partial charge < -0.3 is 53.6 Å². The number of β-amino-alcohol motifs (C(OH)–C–C–N with tert-alkyl or cyclic N) is 1. The minimum absolute atomic E-state index is 0.0168. The van der Waals surface area contributed by atoms with Crippen LogP contribution in [-0.2, 0) is 48.7 Å². The summed E-state index contributed by atoms with van der Waals surface area (Å²) in [4.78, 5) is 68.9. The van der Waals surface area contributed by atoms with Crippen LogP contribution in [0.5, 0.6) is 17.2 Å². The lowest BCUT2D eigenvalue weighted by Crippen LogP contribution is -2.59. The maximum absolute atomic E-state index is 14.7. The van der Waals surface area contributed by atoms with E-state index in [1.165, 1.54) is 16.2 Å². The Bertz CT molecular complexity index is 2920. The van der Waals surface area contributed by atoms with Gasteiger partial charge in [-0.1, -0.05) is 32.9 Å². The standard InChI is InChI=1S/C56H73FN8O11S/c1-36-49(77-35-60-36)37-8-9-38(30-59-51(67)45-28-40(66)33-65(45)53(69)50(55(2,3)4)61-54(70)56(57)11-12-56)47(26-37)76-25-24-75-23-22-74-21-20-73-19-18-63-14-16-64(17-15-63)32-39-27-48(72-7)42(29-46(39)71-6)44-34-62(5)52(68)43-31-58-13-10-41(43)44/h8-10,13,26-27,29,31,34-35,40,45,50,66H,11-12,14-25,28,30,32-33H2,1-7H3,(H,59,67)(H,61,70)/t40-,45+,50-/m1/s1. The molecule has 3 N–H and O–H groups in total. The van der Waals surface area contributed by atoms with Crippen molar-refractivity contribution in [1.82, 2.24) is 39.9 Å². The number of aliphatic hydroxyl groups excluding tert-OH is 1. The Kier molecular flexibility index (Phi) is 19.0. The van der Waals surface area contributed by atoms with Crippen molar-refractivity contribution in [2.75, 3.05) is 99.7 Å². The highest BCUT2D eigenvalue weighted by atomic mass is 32.1. The number of alkyl halides is 1. The largest absolute Gasteiger partial charge is 0.496 e. The smallest absolute Gasteiger partial charge is 0.259 e. The molecule has 0 radical (unpaired) electrons. The number of thiazole rings is 1. The number of nitrogens with one attached hydrogen (secondary N) is 2. The predicted molar refractivity (Wildman–Crippen MR) is 290 cm³/mol. The van der Waals surface area contributed by atoms with Gasteiger partial charge in [0.15, 0.2) is 5.67 Å². The first-order chi connectivity index (χ1) is 37.0. The van der Waals surface area contributed by atoms with E-state index in [0.717, 1.165) is 76.7 Å². The SMILES string of the molecule is COc1cc(-c2cn(C)c(=O)c3cnccc23)c(OC)cc1CN1CCN(CCOCCOCCOCCOc2cc(-c3scnc3C)ccc2CNC(=O)[C@@H]2C[C@@H](O)CN2C(=O)[C@@H](NC(=O)C2(F)CC2)C(C)(C)C)CC1. The number of hydrogen-bond acceptors (Lipinski definition) is 16. The number of rotatable bonds is 25. The highest BCUT2D eigenvalue weighted by Crippen LogP contribution is 2.41. The van der Waals surface area contributed by atoms with Crippen LogP contribution in [0.4, 0.5) is 4.39 Å². The van der Waals surface area contributed by atoms with E-state index in [9.17, 15) is 28.7 Å². The molecule has 3 aromatic heterocycles. The quantitative estimate of drug-likeness (QED) is 0.0664. The molecule has 21 heteroatoms. The van der Waals surface area contributed by atoms with Gasteiger partial charge in [0.1, 0.15) is 35.9 Å². The Labute approximate surface area is 452 Å². The number of carbonyl (C=O) groups is 3. The molecule has 0 unspecified atom stereocenters. The normalized spacial score (nSPS) is 18.1. The number of nitrogens with zero attached hydrogens (tertiary/aromatic N) is 6. The number of carbonyl (C=O) groups excluding carboxylic acids is 3. The van der Waals surface area contributed by atoms with Crippen molar-refractivity contribution in [2.45, 2.75) is 83.9 Å². The van der Waals surface area contributed by atoms with Crippen LogP contribution in [0.2, 0.25) is 0 Å². The fourth-order valence-electron chi connectivity index (χ4n) is 9.75. The van der Waals surface area contributed by atoms with Gasteiger partial charge in [-0.25, -0.2) is 9.37 Å². The van der Waals surface area contributed by atoms with Crippen LogP contribution in [0.1, 0.15) is 56.9 Å². The van der Waals surface area contributed by atoms with Crippen molar-refractivity contribution >= 4 is 39.8 Å². The van der Waals surface area contributed by atoms with Gasteiger partial charge in [0, 0.05) is 107 Å². The molecule has 416 valence electrons. The first-order valence-electron chi connectivity index (χ1n) is 26.3. The number of methoxy groups -OCH3 is 2. The molecule has 77 heavy (non-hydrogen) atoms. The first kappa shape index (κ1) is 57.1. The first-order valence-corrected chi connectivity index (χ1v) is 27.1. The third-order valence-electron chi connectivity index (χ3n) is 14.4. The predicted octanol–water partition coefficient (Wildman–Crippen LogP) is 4.91. The highest BCUT2D eigenvalue weighted by molar-refractivity contribution is 7.13. The molecule has 5 aromatic rings. The number of hydrogen-bond donors (Lipinski definition) is 3. The number of fused-ring (bicyclic) bond motifs is 1. The van der Waals surface area contributed by atoms with Crippen LogP contribution < -0.4 is 30.4 Å². The lowest BCUT2D eigenvalue weighted by atomic mass is 9.85. The van der Waals surface area contributed by atoms with Gasteiger partial charge in [-0.15, -0.1) is 11.3 Å². The lowest BCUT2D eigenvalue weighted by Gasteiger charge is -2.35. The average Bonchev–Trinajstić information content (AvgIpc) is 3.88. The lowest BCUT2D eigenvalue weighted by molar-refractivity contribution is -0.145. The Balaban J connectivity index is 0.732. The minimum Gasteiger partial charge on any atom is -0.496 e. The number of amides is 3. The average molecular weight is 1090 g/mol. The van der Waals surface area contributed by atoms with Crippen molar-refractivity contribution in [3.63, 3.8) is 0 Å². The molecule has 1 aliphatic carbocycles. The van der Waals surface area contributed by atoms with Gasteiger partial charge in [0.2, 0.25) is 11.8 Å². The molecule has 2 aliphatic heterocycles. The molecule has 3 atom stereocenters. The van der Waals surface area contributed by atoms with Crippen molar-refractivity contribution in [3.8, 4) is 38.8 Å². The number of aryl methyl sites for hydroxylation is 2. The van der Waals surface area contributed by atoms with E-state index in [1.807, 2.05) is 49.5 Å². The number of aromatic nitrogens is 3. The second-order valence-corrected chi connectivity index (χ2v) is 21.8. The Hall–Kier alpha value is -6.07. The molecule has 0 spiro atoms. The zero-order valence-corrected chi connectivity index (χ0v) is 46.0. The van der Waals surface area contributed by atoms with E-state index in [-0.39, 0.29) is 51.1 Å². The van der Waals surface area contributed by atoms with Crippen LogP contribution in [0.15, 0.2) is 65.3 Å². The van der Waals surface area contributed by atoms with Crippen LogP contribution in [0, 0.1) is 12.3 Å². The molecular weight excluding hydrogens is 1010 g/mol. The Morgan fingerprint density at radius 3 is 2.22 bits per heavy atom. The number of halogens is 1. The summed E-state index contributed by atoms with van der Waals surface area (Å²) >= 11 is 1.51. The maximum Gasteiger partial charge on any atom is 0.259 e. The van der Waals surface area contributed by atoms with Crippen molar-refractivity contribution in [3.05, 3.63) is 87.7 Å². The number of likely N-dealkylation sites (tertiary alicyclic amines) is 1. The Morgan fingerprint density at radius 2 is 1.56 bits per heavy atom. The summed E-state index contributed by atoms with van der Waals surface area (Å²) in [6.45, 7) is 15.1. The Morgan fingerprint density at radius 1 is 0.870 bits per heavy atom. The van der Waals surface area contributed by atoms with Gasteiger partial charge in [0.05, 0.1) is 81.4 Å². The number of pyridine rings is 2. The molecule has 19 nitrogen and oxygen atoms in total. The summed E-state index contributed by atoms with van der Waals surface area (Å²) in [7, 11) is 5.07. The molecule has 5 heterocycles. The van der Waals surface area contributed by atoms with E-state index in [4.69, 9.17) is 28.4 Å². The fraction of sp³-hybridized carbons (Fsp3) is 0.536. The molecule has 0 bridgehead atoms. The summed E-state index contributed by atoms with van der Waals surface area (Å²) in [6.07, 6.45) is 4.39. The molecule has 3 fully saturated rings. The van der Waals surface area contributed by atoms with Crippen molar-refractivity contribution in [2.24, 2.45) is 12.5 Å². The second-order valence-electron chi connectivity index (χ2n) is 21.0. The van der Waals surface area contributed by atoms with Gasteiger partial charge >= 0.3 is 0 Å². The van der Waals surface area contributed by atoms with Gasteiger partial charge in [-0.05, 0) is 60.4 Å². The fourth-order valence-corrected chi connectivity index (χ4v) is 10.6. The van der Waals surface area contributed by atoms with Crippen molar-refractivity contribution in [1.29, 1.82) is 0 Å². The molecule has 8 rings (SSSR count). The molecule has 2 saturated heterocycles. The number of benzene rings is 2. The molecule has 3 amide bonds. The van der Waals surface area contributed by atoms with E-state index < -0.39 is 47.0 Å². The van der Waals surface area contributed by atoms with Crippen LogP contribution in [-0.4, -0.2) is 176 Å². The summed E-state index contributed by atoms with van der Waals surface area (Å²) in [5.74, 6) is 0.148. The second kappa shape index (κ2) is 25.6. The zero-order chi connectivity index (χ0) is 54.9. The van der Waals surface area contributed by atoms with Crippen LogP contribution >= 0.6 is 11.3 Å². The number of aliphatic hydroxyl groups is 1. The third kappa shape index (κ3) is 14.2. The summed E-state index contributed by atoms with van der Waals surface area (Å²) < 4.78 is 51.8. The van der Waals surface area contributed by atoms with Gasteiger partial charge in [-0.2, -0.15) is 0 Å². The monoisotopic (exact) mass is 1080 g/mol. The molecule has 1 saturated carbocycles. The topological polar surface area (TPSA) is 208 Å². The van der Waals surface area contributed by atoms with E-state index in [1.54, 1.807) is 64.5 Å². The van der Waals surface area contributed by atoms with Gasteiger partial charge in [0.25, 0.3) is 11.5 Å². The van der Waals surface area contributed by atoms with E-state index in [2.05, 4.69) is 30.4 Å². The summed E-state index contributed by atoms with van der Waals surface area (Å²) in [5.41, 5.74) is 4.11. The summed E-state index contributed by atoms with van der Waals surface area (Å²) in [6, 6.07) is 9.51. The maximum atomic E-state index is 14.7. The summed E-state index contributed by atoms with van der Waals surface area (Å²) in [5, 5.41) is 17.5. The molecular formula is C56H73FN8O11S. The third-order valence-corrected chi connectivity index (χ3v) is 15.4. The molecule has 3 aliphatic rings. The van der Waals surface area contributed by atoms with E-state index in [0.29, 0.717) is 62.0 Å². The van der Waals surface area contributed by atoms with Gasteiger partial charge in [-0.3, -0.25) is 34.0 Å². The van der Waals surface area contributed by atoms with E-state index >= 15 is 0 Å². The van der Waals surface area contributed by atoms with Crippen LogP contribution in [0.25, 0.3) is 32.3 Å². The minimum atomic E-state index is -1.98.